The first kappa shape index (κ1) is 18.4. The van der Waals surface area contributed by atoms with Crippen molar-refractivity contribution in [1.29, 1.82) is 0 Å². The predicted octanol–water partition coefficient (Wildman–Crippen LogP) is 5.91. The fraction of sp³-hybridized carbons (Fsp3) is 0.520. The zero-order valence-electron chi connectivity index (χ0n) is 17.1. The lowest BCUT2D eigenvalue weighted by Crippen LogP contribution is -2.49. The number of aryl methyl sites for hydroxylation is 1. The summed E-state index contributed by atoms with van der Waals surface area (Å²) in [5.74, 6) is 1.72. The highest BCUT2D eigenvalue weighted by atomic mass is 16.5. The van der Waals surface area contributed by atoms with Gasteiger partial charge in [0.15, 0.2) is 0 Å². The summed E-state index contributed by atoms with van der Waals surface area (Å²) in [6, 6.07) is 8.53. The lowest BCUT2D eigenvalue weighted by molar-refractivity contribution is -0.00644. The molecular formula is C25H33NO. The molecule has 1 fully saturated rings. The zero-order chi connectivity index (χ0) is 19.1. The van der Waals surface area contributed by atoms with Crippen LogP contribution in [0.25, 0.3) is 0 Å². The first-order valence-electron chi connectivity index (χ1n) is 10.5. The van der Waals surface area contributed by atoms with Crippen LogP contribution in [0.4, 0.5) is 0 Å². The predicted molar refractivity (Wildman–Crippen MR) is 113 cm³/mol. The Bertz CT molecular complexity index is 772. The SMILES string of the molecule is C=C(C1=CCC(C(C)(C)C)C=C1)N1CCC2(CCc3ccccc3O2)CC1. The Morgan fingerprint density at radius 2 is 1.89 bits per heavy atom. The second kappa shape index (κ2) is 6.89. The number of nitrogens with zero attached hydrogens (tertiary/aromatic N) is 1. The van der Waals surface area contributed by atoms with E-state index in [0.717, 1.165) is 50.9 Å². The van der Waals surface area contributed by atoms with Crippen LogP contribution in [0.2, 0.25) is 0 Å². The van der Waals surface area contributed by atoms with Crippen LogP contribution in [-0.2, 0) is 6.42 Å². The van der Waals surface area contributed by atoms with E-state index in [1.54, 1.807) is 0 Å². The Hall–Kier alpha value is -1.96. The van der Waals surface area contributed by atoms with E-state index in [1.807, 2.05) is 0 Å². The molecule has 2 heteroatoms. The van der Waals surface area contributed by atoms with E-state index in [0.29, 0.717) is 11.3 Å². The van der Waals surface area contributed by atoms with Gasteiger partial charge in [0.1, 0.15) is 11.4 Å². The summed E-state index contributed by atoms with van der Waals surface area (Å²) in [5.41, 5.74) is 4.21. The molecule has 1 unspecified atom stereocenters. The van der Waals surface area contributed by atoms with Crippen LogP contribution >= 0.6 is 0 Å². The summed E-state index contributed by atoms with van der Waals surface area (Å²) < 4.78 is 6.50. The molecule has 1 atom stereocenters. The van der Waals surface area contributed by atoms with Crippen molar-refractivity contribution in [2.75, 3.05) is 13.1 Å². The molecule has 3 aliphatic rings. The van der Waals surface area contributed by atoms with Gasteiger partial charge in [-0.25, -0.2) is 0 Å². The van der Waals surface area contributed by atoms with Crippen LogP contribution < -0.4 is 4.74 Å². The number of hydrogen-bond acceptors (Lipinski definition) is 2. The molecule has 0 radical (unpaired) electrons. The summed E-state index contributed by atoms with van der Waals surface area (Å²) in [6.45, 7) is 13.5. The van der Waals surface area contributed by atoms with Crippen LogP contribution in [0.3, 0.4) is 0 Å². The maximum absolute atomic E-state index is 6.50. The van der Waals surface area contributed by atoms with Gasteiger partial charge in [0, 0.05) is 31.6 Å². The minimum atomic E-state index is 0.0270. The van der Waals surface area contributed by atoms with Gasteiger partial charge in [0.25, 0.3) is 0 Å². The van der Waals surface area contributed by atoms with E-state index < -0.39 is 0 Å². The Morgan fingerprint density at radius 3 is 2.56 bits per heavy atom. The molecule has 144 valence electrons. The maximum Gasteiger partial charge on any atom is 0.123 e. The van der Waals surface area contributed by atoms with E-state index in [-0.39, 0.29) is 5.60 Å². The van der Waals surface area contributed by atoms with E-state index in [9.17, 15) is 0 Å². The molecule has 2 nitrogen and oxygen atoms in total. The number of benzene rings is 1. The number of likely N-dealkylation sites (tertiary alicyclic amines) is 1. The molecule has 0 bridgehead atoms. The van der Waals surface area contributed by atoms with Crippen LogP contribution in [0.1, 0.15) is 52.0 Å². The van der Waals surface area contributed by atoms with Crippen molar-refractivity contribution in [3.63, 3.8) is 0 Å². The average Bonchev–Trinajstić information content (AvgIpc) is 2.67. The Morgan fingerprint density at radius 1 is 1.15 bits per heavy atom. The average molecular weight is 364 g/mol. The third-order valence-electron chi connectivity index (χ3n) is 6.75. The Kier molecular flexibility index (Phi) is 4.70. The van der Waals surface area contributed by atoms with Gasteiger partial charge >= 0.3 is 0 Å². The second-order valence-corrected chi connectivity index (χ2v) is 9.55. The van der Waals surface area contributed by atoms with Crippen molar-refractivity contribution in [2.24, 2.45) is 11.3 Å². The molecule has 1 aliphatic carbocycles. The summed E-state index contributed by atoms with van der Waals surface area (Å²) in [6.07, 6.45) is 12.6. The molecule has 4 rings (SSSR count). The molecule has 27 heavy (non-hydrogen) atoms. The summed E-state index contributed by atoms with van der Waals surface area (Å²) in [5, 5.41) is 0. The van der Waals surface area contributed by atoms with E-state index >= 15 is 0 Å². The quantitative estimate of drug-likeness (QED) is 0.648. The molecule has 1 spiro atoms. The number of piperidine rings is 1. The molecule has 2 heterocycles. The van der Waals surface area contributed by atoms with Crippen LogP contribution in [0.15, 0.2) is 60.3 Å². The third kappa shape index (κ3) is 3.72. The van der Waals surface area contributed by atoms with Crippen molar-refractivity contribution in [3.05, 3.63) is 65.9 Å². The smallest absolute Gasteiger partial charge is 0.123 e. The highest BCUT2D eigenvalue weighted by Gasteiger charge is 2.39. The van der Waals surface area contributed by atoms with Gasteiger partial charge in [0.2, 0.25) is 0 Å². The zero-order valence-corrected chi connectivity index (χ0v) is 17.1. The summed E-state index contributed by atoms with van der Waals surface area (Å²) in [7, 11) is 0. The first-order chi connectivity index (χ1) is 12.9. The maximum atomic E-state index is 6.50. The van der Waals surface area contributed by atoms with Gasteiger partial charge < -0.3 is 9.64 Å². The molecule has 0 aromatic heterocycles. The minimum Gasteiger partial charge on any atom is -0.487 e. The number of para-hydroxylation sites is 1. The number of hydrogen-bond donors (Lipinski definition) is 0. The molecule has 1 aromatic rings. The van der Waals surface area contributed by atoms with Gasteiger partial charge in [-0.05, 0) is 47.8 Å². The minimum absolute atomic E-state index is 0.0270. The second-order valence-electron chi connectivity index (χ2n) is 9.55. The van der Waals surface area contributed by atoms with E-state index in [2.05, 4.69) is 74.7 Å². The highest BCUT2D eigenvalue weighted by molar-refractivity contribution is 5.40. The molecule has 0 amide bonds. The Balaban J connectivity index is 1.37. The van der Waals surface area contributed by atoms with Crippen LogP contribution in [0, 0.1) is 11.3 Å². The largest absolute Gasteiger partial charge is 0.487 e. The molecule has 2 aliphatic heterocycles. The monoisotopic (exact) mass is 363 g/mol. The van der Waals surface area contributed by atoms with Gasteiger partial charge in [-0.15, -0.1) is 0 Å². The summed E-state index contributed by atoms with van der Waals surface area (Å²) in [4.78, 5) is 2.46. The van der Waals surface area contributed by atoms with Gasteiger partial charge in [-0.1, -0.05) is 63.8 Å². The third-order valence-corrected chi connectivity index (χ3v) is 6.75. The standard InChI is InChI=1S/C25H33NO/c1-19(20-9-11-22(12-10-20)24(2,3)4)26-17-15-25(16-18-26)14-13-21-7-5-6-8-23(21)27-25/h5-11,22H,1,12-18H2,2-4H3. The number of fused-ring (bicyclic) bond motifs is 1. The van der Waals surface area contributed by atoms with Crippen molar-refractivity contribution in [1.82, 2.24) is 4.90 Å². The van der Waals surface area contributed by atoms with Gasteiger partial charge in [-0.2, -0.15) is 0 Å². The van der Waals surface area contributed by atoms with Gasteiger partial charge in [0.05, 0.1) is 0 Å². The van der Waals surface area contributed by atoms with E-state index in [4.69, 9.17) is 4.74 Å². The van der Waals surface area contributed by atoms with Crippen molar-refractivity contribution in [2.45, 2.75) is 58.5 Å². The van der Waals surface area contributed by atoms with E-state index in [1.165, 1.54) is 16.8 Å². The Labute approximate surface area is 164 Å². The molecule has 1 saturated heterocycles. The lowest BCUT2D eigenvalue weighted by Gasteiger charge is -2.46. The number of rotatable bonds is 2. The van der Waals surface area contributed by atoms with Crippen molar-refractivity contribution < 1.29 is 4.74 Å². The summed E-state index contributed by atoms with van der Waals surface area (Å²) >= 11 is 0. The van der Waals surface area contributed by atoms with Crippen LogP contribution in [-0.4, -0.2) is 23.6 Å². The molecule has 0 saturated carbocycles. The number of allylic oxidation sites excluding steroid dienone is 3. The van der Waals surface area contributed by atoms with Crippen LogP contribution in [0.5, 0.6) is 5.75 Å². The van der Waals surface area contributed by atoms with Crippen molar-refractivity contribution >= 4 is 0 Å². The lowest BCUT2D eigenvalue weighted by atomic mass is 9.76. The molecule has 1 aromatic carbocycles. The first-order valence-corrected chi connectivity index (χ1v) is 10.5. The topological polar surface area (TPSA) is 12.5 Å². The fourth-order valence-electron chi connectivity index (χ4n) is 4.65. The fourth-order valence-corrected chi connectivity index (χ4v) is 4.65. The highest BCUT2D eigenvalue weighted by Crippen LogP contribution is 2.40. The normalized spacial score (nSPS) is 24.2. The van der Waals surface area contributed by atoms with Crippen molar-refractivity contribution in [3.8, 4) is 5.75 Å². The number of ether oxygens (including phenoxy) is 1. The van der Waals surface area contributed by atoms with Gasteiger partial charge in [-0.3, -0.25) is 0 Å². The molecular weight excluding hydrogens is 330 g/mol. The molecule has 0 N–H and O–H groups in total.